The van der Waals surface area contributed by atoms with Crippen LogP contribution in [0.1, 0.15) is 33.4 Å². The van der Waals surface area contributed by atoms with Crippen molar-refractivity contribution in [3.05, 3.63) is 215 Å². The molecule has 0 aliphatic rings. The summed E-state index contributed by atoms with van der Waals surface area (Å²) in [6, 6.07) is 61.4. The predicted molar refractivity (Wildman–Crippen MR) is 168 cm³/mol. The zero-order valence-electron chi connectivity index (χ0n) is 22.3. The lowest BCUT2D eigenvalue weighted by molar-refractivity contribution is 0.653. The second-order valence-corrected chi connectivity index (χ2v) is 10.2. The summed E-state index contributed by atoms with van der Waals surface area (Å²) in [7, 11) is 0. The van der Waals surface area contributed by atoms with E-state index in [1.165, 1.54) is 0 Å². The lowest BCUT2D eigenvalue weighted by Gasteiger charge is -2.31. The van der Waals surface area contributed by atoms with Gasteiger partial charge in [-0.3, -0.25) is 0 Å². The van der Waals surface area contributed by atoms with Gasteiger partial charge in [0.05, 0.1) is 5.54 Å². The molecule has 0 saturated heterocycles. The van der Waals surface area contributed by atoms with Crippen molar-refractivity contribution in [2.75, 3.05) is 0 Å². The Kier molecular flexibility index (Phi) is 8.56. The molecule has 0 bridgehead atoms. The van der Waals surface area contributed by atoms with E-state index in [-0.39, 0.29) is 0 Å². The monoisotopic (exact) mass is 537 g/mol. The highest BCUT2D eigenvalue weighted by atomic mass is 35.5. The van der Waals surface area contributed by atoms with Gasteiger partial charge in [0.25, 0.3) is 0 Å². The average Bonchev–Trinajstić information content (AvgIpc) is 3.07. The smallest absolute Gasteiger partial charge is 0.119 e. The standard InChI is InChI=1S/C19H15Cl.C19H17N/c2*20-19(16-10-4-1-5-11-16,17-12-6-2-7-13-17)18-14-8-3-9-15-18/h1-15H;1-15H,20H2. The molecule has 0 aliphatic heterocycles. The molecular weight excluding hydrogens is 506 g/mol. The van der Waals surface area contributed by atoms with Crippen LogP contribution in [0.3, 0.4) is 0 Å². The number of halogens is 1. The third-order valence-corrected chi connectivity index (χ3v) is 7.86. The number of hydrogen-bond donors (Lipinski definition) is 1. The van der Waals surface area contributed by atoms with Crippen molar-refractivity contribution >= 4 is 11.6 Å². The van der Waals surface area contributed by atoms with E-state index in [0.29, 0.717) is 0 Å². The van der Waals surface area contributed by atoms with Gasteiger partial charge in [0.15, 0.2) is 0 Å². The fourth-order valence-electron chi connectivity index (χ4n) is 5.11. The van der Waals surface area contributed by atoms with Gasteiger partial charge in [0.2, 0.25) is 0 Å². The first-order chi connectivity index (χ1) is 19.6. The summed E-state index contributed by atoms with van der Waals surface area (Å²) >= 11 is 7.12. The molecule has 0 fully saturated rings. The number of hydrogen-bond acceptors (Lipinski definition) is 1. The summed E-state index contributed by atoms with van der Waals surface area (Å²) in [4.78, 5) is -0.649. The van der Waals surface area contributed by atoms with Gasteiger partial charge in [-0.05, 0) is 33.4 Å². The Labute approximate surface area is 242 Å². The van der Waals surface area contributed by atoms with Crippen LogP contribution < -0.4 is 5.73 Å². The molecule has 0 aromatic heterocycles. The molecule has 0 unspecified atom stereocenters. The van der Waals surface area contributed by atoms with Gasteiger partial charge in [-0.15, -0.1) is 11.6 Å². The summed E-state index contributed by atoms with van der Waals surface area (Å²) in [6.07, 6.45) is 0. The molecule has 1 nitrogen and oxygen atoms in total. The Morgan fingerprint density at radius 1 is 0.300 bits per heavy atom. The molecule has 0 saturated carbocycles. The molecule has 0 atom stereocenters. The Morgan fingerprint density at radius 2 is 0.475 bits per heavy atom. The number of rotatable bonds is 6. The predicted octanol–water partition coefficient (Wildman–Crippen LogP) is 9.15. The minimum absolute atomic E-state index is 0.621. The first-order valence-electron chi connectivity index (χ1n) is 13.4. The quantitative estimate of drug-likeness (QED) is 0.166. The van der Waals surface area contributed by atoms with Crippen molar-refractivity contribution in [3.63, 3.8) is 0 Å². The van der Waals surface area contributed by atoms with Crippen molar-refractivity contribution in [1.29, 1.82) is 0 Å². The molecule has 0 radical (unpaired) electrons. The Morgan fingerprint density at radius 3 is 0.675 bits per heavy atom. The van der Waals surface area contributed by atoms with Crippen LogP contribution in [0.5, 0.6) is 0 Å². The van der Waals surface area contributed by atoms with E-state index in [2.05, 4.69) is 72.8 Å². The van der Waals surface area contributed by atoms with Crippen LogP contribution in [-0.2, 0) is 10.4 Å². The summed E-state index contributed by atoms with van der Waals surface area (Å²) in [5, 5.41) is 0. The normalized spacial score (nSPS) is 11.2. The summed E-state index contributed by atoms with van der Waals surface area (Å²) in [5.74, 6) is 0. The lowest BCUT2D eigenvalue weighted by atomic mass is 9.78. The number of alkyl halides is 1. The van der Waals surface area contributed by atoms with E-state index in [1.807, 2.05) is 109 Å². The van der Waals surface area contributed by atoms with Crippen molar-refractivity contribution in [2.45, 2.75) is 10.4 Å². The fraction of sp³-hybridized carbons (Fsp3) is 0.0526. The van der Waals surface area contributed by atoms with Crippen LogP contribution in [0, 0.1) is 0 Å². The van der Waals surface area contributed by atoms with E-state index in [1.54, 1.807) is 0 Å². The molecule has 6 aromatic rings. The van der Waals surface area contributed by atoms with Crippen molar-refractivity contribution < 1.29 is 0 Å². The third-order valence-electron chi connectivity index (χ3n) is 7.20. The average molecular weight is 538 g/mol. The van der Waals surface area contributed by atoms with Crippen molar-refractivity contribution in [3.8, 4) is 0 Å². The number of nitrogens with two attached hydrogens (primary N) is 1. The molecule has 40 heavy (non-hydrogen) atoms. The maximum absolute atomic E-state index is 7.12. The molecule has 2 heteroatoms. The highest BCUT2D eigenvalue weighted by Crippen LogP contribution is 2.42. The van der Waals surface area contributed by atoms with E-state index >= 15 is 0 Å². The minimum atomic E-state index is -0.649. The summed E-state index contributed by atoms with van der Waals surface area (Å²) in [5.41, 5.74) is 12.8. The second kappa shape index (κ2) is 12.6. The van der Waals surface area contributed by atoms with Gasteiger partial charge in [0, 0.05) is 0 Å². The van der Waals surface area contributed by atoms with Crippen LogP contribution in [0.4, 0.5) is 0 Å². The van der Waals surface area contributed by atoms with E-state index in [0.717, 1.165) is 33.4 Å². The maximum Gasteiger partial charge on any atom is 0.119 e. The van der Waals surface area contributed by atoms with E-state index in [9.17, 15) is 0 Å². The first-order valence-corrected chi connectivity index (χ1v) is 13.8. The van der Waals surface area contributed by atoms with Gasteiger partial charge in [-0.2, -0.15) is 0 Å². The van der Waals surface area contributed by atoms with Crippen LogP contribution in [0.15, 0.2) is 182 Å². The van der Waals surface area contributed by atoms with Gasteiger partial charge >= 0.3 is 0 Å². The third kappa shape index (κ3) is 5.62. The molecule has 0 spiro atoms. The van der Waals surface area contributed by atoms with E-state index in [4.69, 9.17) is 17.3 Å². The zero-order chi connectivity index (χ0) is 27.7. The second-order valence-electron chi connectivity index (χ2n) is 9.66. The van der Waals surface area contributed by atoms with Crippen LogP contribution in [0.2, 0.25) is 0 Å². The van der Waals surface area contributed by atoms with Gasteiger partial charge in [0.1, 0.15) is 4.87 Å². The highest BCUT2D eigenvalue weighted by molar-refractivity contribution is 6.28. The highest BCUT2D eigenvalue weighted by Gasteiger charge is 2.33. The maximum atomic E-state index is 7.12. The van der Waals surface area contributed by atoms with Gasteiger partial charge < -0.3 is 5.73 Å². The molecule has 0 amide bonds. The van der Waals surface area contributed by atoms with Gasteiger partial charge in [-0.25, -0.2) is 0 Å². The topological polar surface area (TPSA) is 26.0 Å². The Hall–Kier alpha value is -4.43. The molecular formula is C38H32ClN. The summed E-state index contributed by atoms with van der Waals surface area (Å²) in [6.45, 7) is 0. The number of benzene rings is 6. The molecule has 0 heterocycles. The first kappa shape index (κ1) is 27.1. The minimum Gasteiger partial charge on any atom is -0.314 e. The molecule has 2 N–H and O–H groups in total. The lowest BCUT2D eigenvalue weighted by Crippen LogP contribution is -2.39. The van der Waals surface area contributed by atoms with Crippen molar-refractivity contribution in [1.82, 2.24) is 0 Å². The van der Waals surface area contributed by atoms with Crippen molar-refractivity contribution in [2.24, 2.45) is 5.73 Å². The molecule has 6 aromatic carbocycles. The molecule has 196 valence electrons. The largest absolute Gasteiger partial charge is 0.314 e. The Bertz CT molecular complexity index is 1250. The van der Waals surface area contributed by atoms with Crippen LogP contribution in [-0.4, -0.2) is 0 Å². The molecule has 0 aliphatic carbocycles. The Balaban J connectivity index is 0.000000161. The molecule has 6 rings (SSSR count). The van der Waals surface area contributed by atoms with Crippen LogP contribution >= 0.6 is 11.6 Å². The van der Waals surface area contributed by atoms with Crippen LogP contribution in [0.25, 0.3) is 0 Å². The van der Waals surface area contributed by atoms with Gasteiger partial charge in [-0.1, -0.05) is 182 Å². The fourth-order valence-corrected chi connectivity index (χ4v) is 5.48. The summed E-state index contributed by atoms with van der Waals surface area (Å²) < 4.78 is 0. The SMILES string of the molecule is ClC(c1ccccc1)(c1ccccc1)c1ccccc1.NC(c1ccccc1)(c1ccccc1)c1ccccc1. The van der Waals surface area contributed by atoms with E-state index < -0.39 is 10.4 Å². The zero-order valence-corrected chi connectivity index (χ0v) is 23.0.